The third-order valence-electron chi connectivity index (χ3n) is 9.56. The van der Waals surface area contributed by atoms with Crippen molar-refractivity contribution in [1.29, 1.82) is 0 Å². The van der Waals surface area contributed by atoms with E-state index in [0.717, 1.165) is 58.1 Å². The average Bonchev–Trinajstić information content (AvgIpc) is 3.91. The lowest BCUT2D eigenvalue weighted by molar-refractivity contribution is 1.08. The molecule has 51 heavy (non-hydrogen) atoms. The summed E-state index contributed by atoms with van der Waals surface area (Å²) in [7, 11) is 0. The molecule has 4 aromatic heterocycles. The van der Waals surface area contributed by atoms with E-state index in [2.05, 4.69) is 102 Å². The quantitative estimate of drug-likeness (QED) is 0.184. The van der Waals surface area contributed by atoms with Crippen molar-refractivity contribution in [3.8, 4) is 39.9 Å². The zero-order valence-corrected chi connectivity index (χ0v) is 28.4. The summed E-state index contributed by atoms with van der Waals surface area (Å²) in [5.74, 6) is 0.709. The summed E-state index contributed by atoms with van der Waals surface area (Å²) in [6.07, 6.45) is 0. The highest BCUT2D eigenvalue weighted by atomic mass is 32.1. The van der Waals surface area contributed by atoms with E-state index >= 15 is 0 Å². The predicted molar refractivity (Wildman–Crippen MR) is 216 cm³/mol. The van der Waals surface area contributed by atoms with E-state index in [-0.39, 0.29) is 23.5 Å². The van der Waals surface area contributed by atoms with Crippen LogP contribution >= 0.6 is 22.7 Å². The third kappa shape index (κ3) is 4.40. The predicted octanol–water partition coefficient (Wildman–Crippen LogP) is 12.7. The van der Waals surface area contributed by atoms with E-state index in [1.807, 2.05) is 30.3 Å². The highest BCUT2D eigenvalue weighted by Crippen LogP contribution is 2.44. The van der Waals surface area contributed by atoms with Crippen molar-refractivity contribution in [3.63, 3.8) is 0 Å². The second kappa shape index (κ2) is 11.2. The zero-order valence-electron chi connectivity index (χ0n) is 31.7. The molecule has 0 bridgehead atoms. The second-order valence-corrected chi connectivity index (χ2v) is 14.6. The van der Waals surface area contributed by atoms with Gasteiger partial charge in [-0.2, -0.15) is 0 Å². The van der Waals surface area contributed by atoms with Gasteiger partial charge in [-0.05, 0) is 36.4 Å². The van der Waals surface area contributed by atoms with Crippen molar-refractivity contribution in [1.82, 2.24) is 19.5 Å². The Hall–Kier alpha value is -6.21. The molecule has 0 amide bonds. The van der Waals surface area contributed by atoms with E-state index in [0.29, 0.717) is 11.6 Å². The van der Waals surface area contributed by atoms with Crippen LogP contribution in [0.25, 0.3) is 102 Å². The highest BCUT2D eigenvalue weighted by Gasteiger charge is 2.20. The van der Waals surface area contributed by atoms with Crippen LogP contribution in [0, 0.1) is 0 Å². The van der Waals surface area contributed by atoms with Crippen molar-refractivity contribution in [2.24, 2.45) is 0 Å². The molecule has 0 aliphatic rings. The number of hydrogen-bond acceptors (Lipinski definition) is 5. The van der Waals surface area contributed by atoms with Gasteiger partial charge in [0.25, 0.3) is 0 Å². The molecule has 4 heterocycles. The molecule has 0 unspecified atom stereocenters. The molecule has 0 saturated heterocycles. The van der Waals surface area contributed by atoms with Crippen LogP contribution in [-0.2, 0) is 0 Å². The first kappa shape index (κ1) is 24.0. The Morgan fingerprint density at radius 2 is 1.10 bits per heavy atom. The first-order chi connectivity index (χ1) is 27.4. The molecule has 0 aliphatic carbocycles. The molecule has 0 fully saturated rings. The molecule has 0 atom stereocenters. The Labute approximate surface area is 307 Å². The Balaban J connectivity index is 1.18. The largest absolute Gasteiger partial charge is 0.308 e. The highest BCUT2D eigenvalue weighted by molar-refractivity contribution is 7.26. The Kier molecular flexibility index (Phi) is 5.25. The minimum absolute atomic E-state index is 0.0148. The van der Waals surface area contributed by atoms with Crippen LogP contribution in [0.1, 0.15) is 6.85 Å². The number of nitrogens with zero attached hydrogens (tertiary/aromatic N) is 4. The molecular weight excluding hydrogens is 661 g/mol. The van der Waals surface area contributed by atoms with Crippen LogP contribution in [0.4, 0.5) is 0 Å². The lowest BCUT2D eigenvalue weighted by Crippen LogP contribution is -2.00. The summed E-state index contributed by atoms with van der Waals surface area (Å²) in [6.45, 7) is 0. The summed E-state index contributed by atoms with van der Waals surface area (Å²) in [5.41, 5.74) is 4.74. The van der Waals surface area contributed by atoms with Gasteiger partial charge in [-0.15, -0.1) is 22.7 Å². The molecule has 0 radical (unpaired) electrons. The number of benzene rings is 7. The molecule has 11 rings (SSSR count). The zero-order chi connectivity index (χ0) is 37.8. The standard InChI is InChI=1S/C45H26N4S2/c1-2-12-27(13-3-1)43-46-44(28-24-25-32-31-16-6-9-22-38(31)50-40(32)26-28)48-45(47-43)34-18-11-23-39-41(34)33-17-10-21-37(42(33)51-39)49-35-19-7-4-14-29(35)30-15-5-8-20-36(30)49/h1-26H/i1D,2D,3D,12D,13D. The van der Waals surface area contributed by atoms with Gasteiger partial charge in [-0.25, -0.2) is 15.0 Å². The summed E-state index contributed by atoms with van der Waals surface area (Å²) in [6, 6.07) is 41.7. The van der Waals surface area contributed by atoms with Crippen molar-refractivity contribution in [2.45, 2.75) is 0 Å². The summed E-state index contributed by atoms with van der Waals surface area (Å²) < 4.78 is 49.5. The maximum Gasteiger partial charge on any atom is 0.164 e. The molecule has 238 valence electrons. The molecular formula is C45H26N4S2. The fourth-order valence-corrected chi connectivity index (χ4v) is 9.72. The molecule has 11 aromatic rings. The fourth-order valence-electron chi connectivity index (χ4n) is 7.34. The third-order valence-corrected chi connectivity index (χ3v) is 11.9. The topological polar surface area (TPSA) is 43.6 Å². The number of rotatable bonds is 4. The van der Waals surface area contributed by atoms with Crippen molar-refractivity contribution in [3.05, 3.63) is 158 Å². The van der Waals surface area contributed by atoms with E-state index in [4.69, 9.17) is 21.8 Å². The van der Waals surface area contributed by atoms with Gasteiger partial charge in [0.2, 0.25) is 0 Å². The van der Waals surface area contributed by atoms with Crippen LogP contribution in [0.15, 0.2) is 158 Å². The van der Waals surface area contributed by atoms with E-state index in [1.54, 1.807) is 22.7 Å². The van der Waals surface area contributed by atoms with Crippen molar-refractivity contribution in [2.75, 3.05) is 0 Å². The van der Waals surface area contributed by atoms with Gasteiger partial charge in [0, 0.05) is 63.1 Å². The van der Waals surface area contributed by atoms with Gasteiger partial charge in [-0.1, -0.05) is 121 Å². The number of thiophene rings is 2. The maximum atomic E-state index is 8.84. The Morgan fingerprint density at radius 1 is 0.471 bits per heavy atom. The molecule has 0 saturated carbocycles. The van der Waals surface area contributed by atoms with Crippen molar-refractivity contribution >= 4 is 84.8 Å². The van der Waals surface area contributed by atoms with Crippen LogP contribution in [-0.4, -0.2) is 19.5 Å². The van der Waals surface area contributed by atoms with Gasteiger partial charge in [-0.3, -0.25) is 0 Å². The monoisotopic (exact) mass is 691 g/mol. The van der Waals surface area contributed by atoms with E-state index in [1.165, 1.54) is 20.9 Å². The Morgan fingerprint density at radius 3 is 1.90 bits per heavy atom. The molecule has 4 nitrogen and oxygen atoms in total. The molecule has 0 aliphatic heterocycles. The normalized spacial score (nSPS) is 13.3. The van der Waals surface area contributed by atoms with E-state index < -0.39 is 18.1 Å². The average molecular weight is 692 g/mol. The molecule has 0 spiro atoms. The van der Waals surface area contributed by atoms with Gasteiger partial charge < -0.3 is 4.57 Å². The smallest absolute Gasteiger partial charge is 0.164 e. The minimum atomic E-state index is -0.470. The first-order valence-electron chi connectivity index (χ1n) is 19.0. The summed E-state index contributed by atoms with van der Waals surface area (Å²) >= 11 is 3.39. The van der Waals surface area contributed by atoms with Crippen LogP contribution in [0.5, 0.6) is 0 Å². The van der Waals surface area contributed by atoms with E-state index in [9.17, 15) is 0 Å². The summed E-state index contributed by atoms with van der Waals surface area (Å²) in [5, 5.41) is 6.69. The number of fused-ring (bicyclic) bond motifs is 9. The lowest BCUT2D eigenvalue weighted by Gasteiger charge is -2.10. The van der Waals surface area contributed by atoms with Crippen LogP contribution < -0.4 is 0 Å². The maximum absolute atomic E-state index is 8.84. The number of aromatic nitrogens is 4. The van der Waals surface area contributed by atoms with Gasteiger partial charge in [0.15, 0.2) is 17.5 Å². The van der Waals surface area contributed by atoms with Gasteiger partial charge >= 0.3 is 0 Å². The molecule has 0 N–H and O–H groups in total. The van der Waals surface area contributed by atoms with Gasteiger partial charge in [0.05, 0.1) is 28.3 Å². The second-order valence-electron chi connectivity index (χ2n) is 12.4. The summed E-state index contributed by atoms with van der Waals surface area (Å²) in [4.78, 5) is 14.9. The number of para-hydroxylation sites is 2. The molecule has 6 heteroatoms. The first-order valence-corrected chi connectivity index (χ1v) is 18.2. The van der Waals surface area contributed by atoms with Gasteiger partial charge in [0.1, 0.15) is 0 Å². The van der Waals surface area contributed by atoms with Crippen molar-refractivity contribution < 1.29 is 6.85 Å². The Bertz CT molecular complexity index is 3380. The lowest BCUT2D eigenvalue weighted by atomic mass is 10.0. The van der Waals surface area contributed by atoms with Crippen LogP contribution in [0.3, 0.4) is 0 Å². The number of hydrogen-bond donors (Lipinski definition) is 0. The molecule has 7 aromatic carbocycles. The minimum Gasteiger partial charge on any atom is -0.308 e. The van der Waals surface area contributed by atoms with Crippen LogP contribution in [0.2, 0.25) is 0 Å². The SMILES string of the molecule is [2H]c1c([2H])c([2H])c(-c2nc(-c3ccc4c(c3)sc3ccccc34)nc(-c3cccc4sc5c(-n6c7ccccc7c7ccccc76)cccc5c34)n2)c([2H])c1[2H]. The fraction of sp³-hybridized carbons (Fsp3) is 0.